The second-order valence-electron chi connectivity index (χ2n) is 9.70. The number of piperidine rings is 1. The van der Waals surface area contributed by atoms with Crippen LogP contribution in [0.5, 0.6) is 11.5 Å². The first-order chi connectivity index (χ1) is 18.8. The number of piperazine rings is 1. The molecule has 2 aliphatic heterocycles. The lowest BCUT2D eigenvalue weighted by Gasteiger charge is -2.36. The van der Waals surface area contributed by atoms with Gasteiger partial charge in [0.1, 0.15) is 5.69 Å². The van der Waals surface area contributed by atoms with E-state index in [1.54, 1.807) is 25.2 Å². The third-order valence-electron chi connectivity index (χ3n) is 7.42. The number of benzene rings is 2. The van der Waals surface area contributed by atoms with Gasteiger partial charge in [0.2, 0.25) is 0 Å². The van der Waals surface area contributed by atoms with Crippen molar-refractivity contribution in [3.8, 4) is 11.5 Å². The maximum absolute atomic E-state index is 13.1. The Morgan fingerprint density at radius 1 is 0.897 bits per heavy atom. The molecule has 7 nitrogen and oxygen atoms in total. The van der Waals surface area contributed by atoms with Gasteiger partial charge in [-0.2, -0.15) is 13.2 Å². The Labute approximate surface area is 229 Å². The molecule has 11 heteroatoms. The van der Waals surface area contributed by atoms with Gasteiger partial charge in [-0.05, 0) is 43.2 Å². The van der Waals surface area contributed by atoms with Crippen LogP contribution >= 0.6 is 11.3 Å². The van der Waals surface area contributed by atoms with Crippen molar-refractivity contribution in [1.82, 2.24) is 9.88 Å². The molecule has 0 unspecified atom stereocenters. The maximum atomic E-state index is 13.1. The summed E-state index contributed by atoms with van der Waals surface area (Å²) in [6.07, 6.45) is -2.51. The third kappa shape index (κ3) is 5.93. The molecule has 0 saturated carbocycles. The second kappa shape index (κ2) is 11.3. The van der Waals surface area contributed by atoms with E-state index in [4.69, 9.17) is 14.5 Å². The predicted octanol–water partition coefficient (Wildman–Crippen LogP) is 5.53. The lowest BCUT2D eigenvalue weighted by molar-refractivity contribution is -0.137. The average Bonchev–Trinajstić information content (AvgIpc) is 3.47. The smallest absolute Gasteiger partial charge is 0.416 e. The molecule has 0 N–H and O–H groups in total. The Bertz CT molecular complexity index is 1300. The number of methoxy groups -OCH3 is 2. The Hall–Kier alpha value is -3.47. The van der Waals surface area contributed by atoms with E-state index in [0.717, 1.165) is 42.7 Å². The summed E-state index contributed by atoms with van der Waals surface area (Å²) >= 11 is 1.53. The fraction of sp³-hybridized carbons (Fsp3) is 0.429. The second-order valence-corrected chi connectivity index (χ2v) is 10.6. The first-order valence-electron chi connectivity index (χ1n) is 12.9. The van der Waals surface area contributed by atoms with Crippen LogP contribution in [0, 0.1) is 0 Å². The predicted molar refractivity (Wildman–Crippen MR) is 145 cm³/mol. The highest BCUT2D eigenvalue weighted by Crippen LogP contribution is 2.36. The summed E-state index contributed by atoms with van der Waals surface area (Å²) in [5, 5.41) is 2.81. The van der Waals surface area contributed by atoms with Gasteiger partial charge in [-0.1, -0.05) is 6.07 Å². The van der Waals surface area contributed by atoms with Crippen molar-refractivity contribution in [2.75, 3.05) is 63.3 Å². The van der Waals surface area contributed by atoms with Crippen LogP contribution in [0.1, 0.15) is 39.8 Å². The highest BCUT2D eigenvalue weighted by molar-refractivity contribution is 7.09. The number of thiazole rings is 1. The summed E-state index contributed by atoms with van der Waals surface area (Å²) < 4.78 is 50.0. The molecule has 0 radical (unpaired) electrons. The van der Waals surface area contributed by atoms with E-state index >= 15 is 0 Å². The molecule has 0 spiro atoms. The molecule has 2 aromatic carbocycles. The normalized spacial score (nSPS) is 16.9. The fourth-order valence-corrected chi connectivity index (χ4v) is 6.15. The van der Waals surface area contributed by atoms with E-state index in [1.807, 2.05) is 28.5 Å². The van der Waals surface area contributed by atoms with Gasteiger partial charge in [0.15, 0.2) is 11.5 Å². The molecule has 3 aromatic rings. The largest absolute Gasteiger partial charge is 0.493 e. The summed E-state index contributed by atoms with van der Waals surface area (Å²) in [5.41, 5.74) is 1.39. The summed E-state index contributed by atoms with van der Waals surface area (Å²) in [6.45, 7) is 3.57. The molecule has 208 valence electrons. The van der Waals surface area contributed by atoms with Crippen molar-refractivity contribution in [2.24, 2.45) is 0 Å². The van der Waals surface area contributed by atoms with Gasteiger partial charge in [-0.3, -0.25) is 4.79 Å². The number of nitrogens with zero attached hydrogens (tertiary/aromatic N) is 4. The van der Waals surface area contributed by atoms with E-state index in [0.29, 0.717) is 55.0 Å². The molecular weight excluding hydrogens is 529 g/mol. The van der Waals surface area contributed by atoms with Crippen LogP contribution in [0.25, 0.3) is 0 Å². The first-order valence-corrected chi connectivity index (χ1v) is 13.8. The molecule has 3 heterocycles. The Kier molecular flexibility index (Phi) is 7.88. The number of ether oxygens (including phenoxy) is 2. The quantitative estimate of drug-likeness (QED) is 0.396. The minimum atomic E-state index is -4.38. The minimum Gasteiger partial charge on any atom is -0.493 e. The Morgan fingerprint density at radius 3 is 2.23 bits per heavy atom. The number of alkyl halides is 3. The van der Waals surface area contributed by atoms with Gasteiger partial charge in [-0.15, -0.1) is 11.3 Å². The van der Waals surface area contributed by atoms with Gasteiger partial charge < -0.3 is 24.2 Å². The third-order valence-corrected chi connectivity index (χ3v) is 8.43. The monoisotopic (exact) mass is 560 g/mol. The maximum Gasteiger partial charge on any atom is 0.416 e. The lowest BCUT2D eigenvalue weighted by atomic mass is 9.97. The molecule has 39 heavy (non-hydrogen) atoms. The molecule has 5 rings (SSSR count). The van der Waals surface area contributed by atoms with Crippen LogP contribution < -0.4 is 19.3 Å². The number of carbonyl (C=O) groups is 1. The van der Waals surface area contributed by atoms with Crippen LogP contribution in [0.4, 0.5) is 24.5 Å². The zero-order valence-electron chi connectivity index (χ0n) is 21.9. The summed E-state index contributed by atoms with van der Waals surface area (Å²) in [6, 6.07) is 11.3. The van der Waals surface area contributed by atoms with Crippen LogP contribution in [-0.2, 0) is 6.18 Å². The summed E-state index contributed by atoms with van der Waals surface area (Å²) in [4.78, 5) is 23.8. The molecule has 0 atom stereocenters. The molecule has 0 aliphatic carbocycles. The number of aromatic nitrogens is 1. The van der Waals surface area contributed by atoms with Gasteiger partial charge in [0.25, 0.3) is 5.91 Å². The number of hydrogen-bond donors (Lipinski definition) is 0. The molecule has 1 aromatic heterocycles. The number of halogens is 3. The molecule has 1 amide bonds. The molecular formula is C28H31F3N4O3S. The van der Waals surface area contributed by atoms with Crippen molar-refractivity contribution >= 4 is 28.6 Å². The molecule has 2 saturated heterocycles. The SMILES string of the molecule is COc1ccc(N2CCC(c3nc(C(=O)N4CCN(c5cccc(C(F)(F)F)c5)CC4)cs3)CC2)cc1OC. The number of rotatable bonds is 6. The fourth-order valence-electron chi connectivity index (χ4n) is 5.19. The van der Waals surface area contributed by atoms with E-state index in [1.165, 1.54) is 23.5 Å². The highest BCUT2D eigenvalue weighted by Gasteiger charge is 2.32. The van der Waals surface area contributed by atoms with E-state index < -0.39 is 11.7 Å². The molecule has 2 fully saturated rings. The lowest BCUT2D eigenvalue weighted by Crippen LogP contribution is -2.49. The van der Waals surface area contributed by atoms with Crippen molar-refractivity contribution in [2.45, 2.75) is 24.9 Å². The standard InChI is InChI=1S/C28H31F3N4O3S/c1-37-24-7-6-22(17-25(24)38-2)33-10-8-19(9-11-33)26-32-23(18-39-26)27(36)35-14-12-34(13-15-35)21-5-3-4-20(16-21)28(29,30)31/h3-7,16-19H,8-15H2,1-2H3. The van der Waals surface area contributed by atoms with Gasteiger partial charge in [0.05, 0.1) is 24.8 Å². The summed E-state index contributed by atoms with van der Waals surface area (Å²) in [5.74, 6) is 1.58. The highest BCUT2D eigenvalue weighted by atomic mass is 32.1. The van der Waals surface area contributed by atoms with Gasteiger partial charge in [-0.25, -0.2) is 4.98 Å². The van der Waals surface area contributed by atoms with Crippen LogP contribution in [-0.4, -0.2) is 69.3 Å². The zero-order valence-corrected chi connectivity index (χ0v) is 22.7. The van der Waals surface area contributed by atoms with E-state index in [2.05, 4.69) is 4.90 Å². The van der Waals surface area contributed by atoms with Crippen LogP contribution in [0.15, 0.2) is 47.8 Å². The number of carbonyl (C=O) groups excluding carboxylic acids is 1. The van der Waals surface area contributed by atoms with Crippen LogP contribution in [0.3, 0.4) is 0 Å². The summed E-state index contributed by atoms with van der Waals surface area (Å²) in [7, 11) is 3.25. The van der Waals surface area contributed by atoms with Crippen molar-refractivity contribution in [3.05, 3.63) is 64.1 Å². The number of anilines is 2. The number of amides is 1. The van der Waals surface area contributed by atoms with Crippen molar-refractivity contribution in [1.29, 1.82) is 0 Å². The van der Waals surface area contributed by atoms with Crippen LogP contribution in [0.2, 0.25) is 0 Å². The average molecular weight is 561 g/mol. The van der Waals surface area contributed by atoms with Crippen molar-refractivity contribution < 1.29 is 27.4 Å². The first kappa shape index (κ1) is 27.1. The van der Waals surface area contributed by atoms with E-state index in [9.17, 15) is 18.0 Å². The van der Waals surface area contributed by atoms with Gasteiger partial charge >= 0.3 is 6.18 Å². The van der Waals surface area contributed by atoms with Crippen molar-refractivity contribution in [3.63, 3.8) is 0 Å². The zero-order chi connectivity index (χ0) is 27.6. The minimum absolute atomic E-state index is 0.121. The topological polar surface area (TPSA) is 58.1 Å². The van der Waals surface area contributed by atoms with Gasteiger partial charge in [0, 0.05) is 68.0 Å². The Morgan fingerprint density at radius 2 is 1.56 bits per heavy atom. The Balaban J connectivity index is 1.15. The molecule has 2 aliphatic rings. The molecule has 0 bridgehead atoms. The number of hydrogen-bond acceptors (Lipinski definition) is 7. The van der Waals surface area contributed by atoms with E-state index in [-0.39, 0.29) is 5.91 Å².